The highest BCUT2D eigenvalue weighted by Crippen LogP contribution is 2.22. The van der Waals surface area contributed by atoms with Crippen LogP contribution in [0.3, 0.4) is 0 Å². The summed E-state index contributed by atoms with van der Waals surface area (Å²) >= 11 is 0. The molecule has 8 heteroatoms. The molecule has 1 aromatic carbocycles. The Bertz CT molecular complexity index is 804. The Morgan fingerprint density at radius 1 is 1.38 bits per heavy atom. The van der Waals surface area contributed by atoms with E-state index in [1.54, 1.807) is 30.5 Å². The second kappa shape index (κ2) is 9.16. The van der Waals surface area contributed by atoms with Crippen molar-refractivity contribution in [3.05, 3.63) is 48.4 Å². The summed E-state index contributed by atoms with van der Waals surface area (Å²) in [6.07, 6.45) is 3.98. The Labute approximate surface area is 152 Å². The zero-order chi connectivity index (χ0) is 18.9. The van der Waals surface area contributed by atoms with Crippen LogP contribution in [0, 0.1) is 5.41 Å². The number of nitrogens with zero attached hydrogens (tertiary/aromatic N) is 2. The molecular weight excluding hydrogens is 332 g/mol. The molecule has 0 radical (unpaired) electrons. The van der Waals surface area contributed by atoms with Crippen LogP contribution < -0.4 is 21.1 Å². The van der Waals surface area contributed by atoms with Crippen molar-refractivity contribution in [2.24, 2.45) is 5.73 Å². The molecule has 0 atom stereocenters. The second-order valence-electron chi connectivity index (χ2n) is 5.70. The lowest BCUT2D eigenvalue weighted by molar-refractivity contribution is -0.123. The maximum absolute atomic E-state index is 11.7. The molecule has 0 unspecified atom stereocenters. The first-order valence-corrected chi connectivity index (χ1v) is 8.07. The van der Waals surface area contributed by atoms with Crippen molar-refractivity contribution >= 4 is 17.9 Å². The molecule has 8 nitrogen and oxygen atoms in total. The highest BCUT2D eigenvalue weighted by Gasteiger charge is 2.07. The molecule has 5 N–H and O–H groups in total. The van der Waals surface area contributed by atoms with Crippen LogP contribution in [-0.2, 0) is 4.79 Å². The topological polar surface area (TPSA) is 126 Å². The minimum atomic E-state index is -0.180. The molecule has 2 rings (SSSR count). The fourth-order valence-corrected chi connectivity index (χ4v) is 2.08. The molecule has 0 aliphatic heterocycles. The number of carbonyl (C=O) groups is 1. The molecule has 1 heterocycles. The standard InChI is InChI=1S/C18H22N6O2/c1-12(2)22-17(25)11-26-15-5-3-4-13(8-15)18-21-7-6-16(24-18)23-14(9-19)10-20/h3-10,12,19H,11,20H2,1-2H3,(H,22,25)(H,21,23,24)/b14-10+,19-9?. The van der Waals surface area contributed by atoms with Crippen LogP contribution in [0.25, 0.3) is 11.4 Å². The Morgan fingerprint density at radius 3 is 2.88 bits per heavy atom. The van der Waals surface area contributed by atoms with Crippen molar-refractivity contribution in [1.82, 2.24) is 15.3 Å². The first kappa shape index (κ1) is 18.9. The van der Waals surface area contributed by atoms with Gasteiger partial charge in [0.2, 0.25) is 0 Å². The van der Waals surface area contributed by atoms with E-state index in [0.717, 1.165) is 11.8 Å². The summed E-state index contributed by atoms with van der Waals surface area (Å²) in [5, 5.41) is 12.9. The zero-order valence-electron chi connectivity index (χ0n) is 14.7. The first-order valence-electron chi connectivity index (χ1n) is 8.07. The van der Waals surface area contributed by atoms with E-state index >= 15 is 0 Å². The van der Waals surface area contributed by atoms with Crippen molar-refractivity contribution in [2.45, 2.75) is 19.9 Å². The first-order chi connectivity index (χ1) is 12.5. The van der Waals surface area contributed by atoms with E-state index in [-0.39, 0.29) is 18.6 Å². The number of benzene rings is 1. The van der Waals surface area contributed by atoms with Gasteiger partial charge >= 0.3 is 0 Å². The second-order valence-corrected chi connectivity index (χ2v) is 5.70. The molecular formula is C18H22N6O2. The summed E-state index contributed by atoms with van der Waals surface area (Å²) in [5.74, 6) is 1.36. The summed E-state index contributed by atoms with van der Waals surface area (Å²) in [6.45, 7) is 3.72. The number of carbonyl (C=O) groups excluding carboxylic acids is 1. The largest absolute Gasteiger partial charge is 0.484 e. The average molecular weight is 354 g/mol. The van der Waals surface area contributed by atoms with Gasteiger partial charge in [0.05, 0.1) is 5.70 Å². The van der Waals surface area contributed by atoms with Crippen LogP contribution in [0.4, 0.5) is 5.82 Å². The highest BCUT2D eigenvalue weighted by molar-refractivity contribution is 5.80. The normalized spacial score (nSPS) is 11.1. The predicted molar refractivity (Wildman–Crippen MR) is 101 cm³/mol. The van der Waals surface area contributed by atoms with Gasteiger partial charge in [-0.05, 0) is 32.0 Å². The van der Waals surface area contributed by atoms with Gasteiger partial charge in [-0.1, -0.05) is 12.1 Å². The lowest BCUT2D eigenvalue weighted by Gasteiger charge is -2.11. The van der Waals surface area contributed by atoms with Crippen LogP contribution in [0.5, 0.6) is 5.75 Å². The maximum atomic E-state index is 11.7. The molecule has 0 saturated heterocycles. The molecule has 0 aliphatic carbocycles. The van der Waals surface area contributed by atoms with Crippen molar-refractivity contribution in [3.63, 3.8) is 0 Å². The summed E-state index contributed by atoms with van der Waals surface area (Å²) in [6, 6.07) is 8.91. The van der Waals surface area contributed by atoms with Gasteiger partial charge in [-0.25, -0.2) is 9.97 Å². The van der Waals surface area contributed by atoms with Crippen LogP contribution in [0.15, 0.2) is 48.4 Å². The van der Waals surface area contributed by atoms with Crippen LogP contribution >= 0.6 is 0 Å². The van der Waals surface area contributed by atoms with E-state index in [2.05, 4.69) is 20.6 Å². The molecule has 2 aromatic rings. The van der Waals surface area contributed by atoms with E-state index < -0.39 is 0 Å². The van der Waals surface area contributed by atoms with Crippen LogP contribution in [0.1, 0.15) is 13.8 Å². The van der Waals surface area contributed by atoms with Gasteiger partial charge in [-0.15, -0.1) is 0 Å². The molecule has 0 bridgehead atoms. The monoisotopic (exact) mass is 354 g/mol. The van der Waals surface area contributed by atoms with Gasteiger partial charge in [0.25, 0.3) is 5.91 Å². The van der Waals surface area contributed by atoms with Crippen LogP contribution in [0.2, 0.25) is 0 Å². The third kappa shape index (κ3) is 5.59. The fourth-order valence-electron chi connectivity index (χ4n) is 2.08. The molecule has 1 aromatic heterocycles. The summed E-state index contributed by atoms with van der Waals surface area (Å²) in [4.78, 5) is 20.3. The highest BCUT2D eigenvalue weighted by atomic mass is 16.5. The summed E-state index contributed by atoms with van der Waals surface area (Å²) in [5.41, 5.74) is 6.58. The number of aromatic nitrogens is 2. The minimum absolute atomic E-state index is 0.0614. The van der Waals surface area contributed by atoms with E-state index in [0.29, 0.717) is 23.1 Å². The van der Waals surface area contributed by atoms with Crippen molar-refractivity contribution in [3.8, 4) is 17.1 Å². The number of hydrogen-bond donors (Lipinski definition) is 4. The van der Waals surface area contributed by atoms with Gasteiger partial charge < -0.3 is 26.5 Å². The van der Waals surface area contributed by atoms with E-state index in [1.165, 1.54) is 6.20 Å². The number of anilines is 1. The number of ether oxygens (including phenoxy) is 1. The SMILES string of the molecule is CC(C)NC(=O)COc1cccc(-c2nccc(N/C(C=N)=C/N)n2)c1. The third-order valence-corrected chi connectivity index (χ3v) is 3.17. The maximum Gasteiger partial charge on any atom is 0.258 e. The molecule has 1 amide bonds. The number of hydrogen-bond acceptors (Lipinski definition) is 7. The number of nitrogens with one attached hydrogen (secondary N) is 3. The lowest BCUT2D eigenvalue weighted by atomic mass is 10.2. The molecule has 0 fully saturated rings. The van der Waals surface area contributed by atoms with E-state index in [1.807, 2.05) is 19.9 Å². The van der Waals surface area contributed by atoms with E-state index in [4.69, 9.17) is 15.9 Å². The lowest BCUT2D eigenvalue weighted by Crippen LogP contribution is -2.34. The van der Waals surface area contributed by atoms with Crippen molar-refractivity contribution in [1.29, 1.82) is 5.41 Å². The Morgan fingerprint density at radius 2 is 2.19 bits per heavy atom. The van der Waals surface area contributed by atoms with E-state index in [9.17, 15) is 4.79 Å². The summed E-state index contributed by atoms with van der Waals surface area (Å²) in [7, 11) is 0. The van der Waals surface area contributed by atoms with Crippen LogP contribution in [-0.4, -0.2) is 34.7 Å². The molecule has 0 aliphatic rings. The predicted octanol–water partition coefficient (Wildman–Crippen LogP) is 1.91. The molecule has 26 heavy (non-hydrogen) atoms. The van der Waals surface area contributed by atoms with Gasteiger partial charge in [0.15, 0.2) is 12.4 Å². The Hall–Kier alpha value is -3.42. The van der Waals surface area contributed by atoms with Gasteiger partial charge in [-0.2, -0.15) is 0 Å². The number of amides is 1. The molecule has 0 saturated carbocycles. The van der Waals surface area contributed by atoms with Gasteiger partial charge in [0, 0.05) is 30.2 Å². The Kier molecular flexibility index (Phi) is 6.67. The van der Waals surface area contributed by atoms with Crippen molar-refractivity contribution in [2.75, 3.05) is 11.9 Å². The minimum Gasteiger partial charge on any atom is -0.484 e. The molecule has 136 valence electrons. The average Bonchev–Trinajstić information content (AvgIpc) is 2.64. The third-order valence-electron chi connectivity index (χ3n) is 3.17. The van der Waals surface area contributed by atoms with Crippen molar-refractivity contribution < 1.29 is 9.53 Å². The quantitative estimate of drug-likeness (QED) is 0.537. The number of rotatable bonds is 8. The zero-order valence-corrected chi connectivity index (χ0v) is 14.7. The van der Waals surface area contributed by atoms with Gasteiger partial charge in [-0.3, -0.25) is 4.79 Å². The molecule has 0 spiro atoms. The number of nitrogens with two attached hydrogens (primary N) is 1. The number of allylic oxidation sites excluding steroid dienone is 1. The smallest absolute Gasteiger partial charge is 0.258 e. The van der Waals surface area contributed by atoms with Gasteiger partial charge in [0.1, 0.15) is 11.6 Å². The fraction of sp³-hybridized carbons (Fsp3) is 0.222. The summed E-state index contributed by atoms with van der Waals surface area (Å²) < 4.78 is 5.52. The Balaban J connectivity index is 2.12.